The van der Waals surface area contributed by atoms with Gasteiger partial charge in [-0.1, -0.05) is 20.3 Å². The van der Waals surface area contributed by atoms with Crippen LogP contribution in [0.4, 0.5) is 0 Å². The molecule has 0 saturated heterocycles. The highest BCUT2D eigenvalue weighted by Crippen LogP contribution is 2.25. The van der Waals surface area contributed by atoms with E-state index < -0.39 is 0 Å². The van der Waals surface area contributed by atoms with E-state index in [1.54, 1.807) is 7.11 Å². The topological polar surface area (TPSA) is 34.1 Å². The Morgan fingerprint density at radius 2 is 2.00 bits per heavy atom. The van der Waals surface area contributed by atoms with Gasteiger partial charge in [0, 0.05) is 29.1 Å². The van der Waals surface area contributed by atoms with Gasteiger partial charge in [-0.05, 0) is 46.1 Å². The summed E-state index contributed by atoms with van der Waals surface area (Å²) in [5.41, 5.74) is 3.49. The zero-order chi connectivity index (χ0) is 15.0. The normalized spacial score (nSPS) is 12.4. The molecule has 1 unspecified atom stereocenters. The third-order valence-corrected chi connectivity index (χ3v) is 3.85. The van der Waals surface area contributed by atoms with Crippen molar-refractivity contribution in [2.45, 2.75) is 65.8 Å². The molecule has 0 aromatic carbocycles. The summed E-state index contributed by atoms with van der Waals surface area (Å²) in [6.45, 7) is 9.65. The highest BCUT2D eigenvalue weighted by atomic mass is 16.5. The van der Waals surface area contributed by atoms with Gasteiger partial charge in [-0.2, -0.15) is 0 Å². The molecule has 20 heavy (non-hydrogen) atoms. The molecule has 1 heterocycles. The summed E-state index contributed by atoms with van der Waals surface area (Å²) in [5, 5.41) is 3.57. The highest BCUT2D eigenvalue weighted by molar-refractivity contribution is 5.41. The van der Waals surface area contributed by atoms with Crippen molar-refractivity contribution < 1.29 is 4.74 Å². The summed E-state index contributed by atoms with van der Waals surface area (Å²) in [4.78, 5) is 4.57. The van der Waals surface area contributed by atoms with Gasteiger partial charge in [-0.25, -0.2) is 0 Å². The summed E-state index contributed by atoms with van der Waals surface area (Å²) in [7, 11) is 1.74. The lowest BCUT2D eigenvalue weighted by Gasteiger charge is -2.17. The maximum absolute atomic E-state index is 5.47. The molecule has 1 rings (SSSR count). The molecule has 0 saturated carbocycles. The number of rotatable bonds is 9. The Hall–Kier alpha value is -1.09. The number of aryl methyl sites for hydroxylation is 2. The molecule has 114 valence electrons. The summed E-state index contributed by atoms with van der Waals surface area (Å²) in [6, 6.07) is 0.651. The van der Waals surface area contributed by atoms with Crippen molar-refractivity contribution in [3.8, 4) is 5.75 Å². The van der Waals surface area contributed by atoms with Crippen LogP contribution in [0.5, 0.6) is 5.75 Å². The van der Waals surface area contributed by atoms with E-state index >= 15 is 0 Å². The van der Waals surface area contributed by atoms with Gasteiger partial charge in [0.05, 0.1) is 7.11 Å². The first-order chi connectivity index (χ1) is 9.63. The average molecular weight is 278 g/mol. The highest BCUT2D eigenvalue weighted by Gasteiger charge is 2.11. The first-order valence-corrected chi connectivity index (χ1v) is 7.86. The third kappa shape index (κ3) is 4.78. The molecule has 1 aromatic rings. The van der Waals surface area contributed by atoms with Crippen molar-refractivity contribution in [2.24, 2.45) is 0 Å². The van der Waals surface area contributed by atoms with E-state index in [1.165, 1.54) is 36.9 Å². The lowest BCUT2D eigenvalue weighted by atomic mass is 10.0. The van der Waals surface area contributed by atoms with Gasteiger partial charge in [0.1, 0.15) is 5.75 Å². The van der Waals surface area contributed by atoms with E-state index in [9.17, 15) is 0 Å². The zero-order valence-electron chi connectivity index (χ0n) is 13.8. The van der Waals surface area contributed by atoms with Crippen LogP contribution >= 0.6 is 0 Å². The van der Waals surface area contributed by atoms with Crippen molar-refractivity contribution in [2.75, 3.05) is 13.7 Å². The minimum absolute atomic E-state index is 0.651. The van der Waals surface area contributed by atoms with Crippen LogP contribution in [-0.2, 0) is 6.42 Å². The zero-order valence-corrected chi connectivity index (χ0v) is 13.8. The van der Waals surface area contributed by atoms with Crippen molar-refractivity contribution >= 4 is 0 Å². The van der Waals surface area contributed by atoms with E-state index in [-0.39, 0.29) is 0 Å². The quantitative estimate of drug-likeness (QED) is 0.746. The largest absolute Gasteiger partial charge is 0.496 e. The Labute approximate surface area is 124 Å². The predicted octanol–water partition coefficient (Wildman–Crippen LogP) is 3.81. The minimum atomic E-state index is 0.651. The minimum Gasteiger partial charge on any atom is -0.496 e. The molecule has 1 N–H and O–H groups in total. The van der Waals surface area contributed by atoms with Crippen molar-refractivity contribution in [1.29, 1.82) is 0 Å². The van der Waals surface area contributed by atoms with Crippen molar-refractivity contribution in [3.63, 3.8) is 0 Å². The summed E-state index contributed by atoms with van der Waals surface area (Å²) >= 11 is 0. The Balaban J connectivity index is 2.57. The van der Waals surface area contributed by atoms with E-state index in [0.717, 1.165) is 24.3 Å². The van der Waals surface area contributed by atoms with Crippen LogP contribution in [-0.4, -0.2) is 24.7 Å². The SMILES string of the molecule is CCCC(CCCc1ncc(C)c(OC)c1C)NCC. The second-order valence-electron chi connectivity index (χ2n) is 5.48. The first-order valence-electron chi connectivity index (χ1n) is 7.86. The second-order valence-corrected chi connectivity index (χ2v) is 5.48. The van der Waals surface area contributed by atoms with Gasteiger partial charge >= 0.3 is 0 Å². The Morgan fingerprint density at radius 3 is 2.60 bits per heavy atom. The van der Waals surface area contributed by atoms with Crippen molar-refractivity contribution in [3.05, 3.63) is 23.0 Å². The number of hydrogen-bond acceptors (Lipinski definition) is 3. The Bertz CT molecular complexity index is 398. The number of pyridine rings is 1. The standard InChI is InChI=1S/C17H30N2O/c1-6-9-15(18-7-2)10-8-11-16-14(4)17(20-5)13(3)12-19-16/h12,15,18H,6-11H2,1-5H3. The fourth-order valence-electron chi connectivity index (χ4n) is 2.82. The number of nitrogens with zero attached hydrogens (tertiary/aromatic N) is 1. The molecule has 0 aliphatic rings. The van der Waals surface area contributed by atoms with Crippen LogP contribution in [0.3, 0.4) is 0 Å². The van der Waals surface area contributed by atoms with Crippen LogP contribution in [0.2, 0.25) is 0 Å². The van der Waals surface area contributed by atoms with E-state index in [0.29, 0.717) is 6.04 Å². The van der Waals surface area contributed by atoms with Crippen LogP contribution in [0.15, 0.2) is 6.20 Å². The molecule has 0 aliphatic heterocycles. The van der Waals surface area contributed by atoms with Gasteiger partial charge in [0.15, 0.2) is 0 Å². The molecule has 0 fully saturated rings. The number of ether oxygens (including phenoxy) is 1. The number of nitrogens with one attached hydrogen (secondary N) is 1. The molecule has 0 radical (unpaired) electrons. The maximum atomic E-state index is 5.47. The monoisotopic (exact) mass is 278 g/mol. The molecule has 0 spiro atoms. The number of methoxy groups -OCH3 is 1. The molecular formula is C17H30N2O. The number of hydrogen-bond donors (Lipinski definition) is 1. The van der Waals surface area contributed by atoms with Crippen LogP contribution < -0.4 is 10.1 Å². The third-order valence-electron chi connectivity index (χ3n) is 3.85. The molecule has 0 amide bonds. The fraction of sp³-hybridized carbons (Fsp3) is 0.706. The van der Waals surface area contributed by atoms with E-state index in [1.807, 2.05) is 13.1 Å². The van der Waals surface area contributed by atoms with E-state index in [4.69, 9.17) is 4.74 Å². The molecule has 3 nitrogen and oxygen atoms in total. The average Bonchev–Trinajstić information content (AvgIpc) is 2.42. The Kier molecular flexibility index (Phi) is 7.60. The summed E-state index contributed by atoms with van der Waals surface area (Å²) < 4.78 is 5.47. The van der Waals surface area contributed by atoms with Gasteiger partial charge < -0.3 is 10.1 Å². The molecule has 1 aromatic heterocycles. The van der Waals surface area contributed by atoms with Gasteiger partial charge in [-0.3, -0.25) is 4.98 Å². The predicted molar refractivity (Wildman–Crippen MR) is 85.6 cm³/mol. The van der Waals surface area contributed by atoms with E-state index in [2.05, 4.69) is 31.1 Å². The fourth-order valence-corrected chi connectivity index (χ4v) is 2.82. The number of aromatic nitrogens is 1. The lowest BCUT2D eigenvalue weighted by molar-refractivity contribution is 0.406. The van der Waals surface area contributed by atoms with Crippen molar-refractivity contribution in [1.82, 2.24) is 10.3 Å². The molecular weight excluding hydrogens is 248 g/mol. The van der Waals surface area contributed by atoms with Gasteiger partial charge in [0.2, 0.25) is 0 Å². The molecule has 3 heteroatoms. The van der Waals surface area contributed by atoms with Crippen LogP contribution in [0.25, 0.3) is 0 Å². The maximum Gasteiger partial charge on any atom is 0.128 e. The first kappa shape index (κ1) is 17.0. The van der Waals surface area contributed by atoms with Crippen LogP contribution in [0.1, 0.15) is 56.4 Å². The molecule has 1 atom stereocenters. The molecule has 0 aliphatic carbocycles. The smallest absolute Gasteiger partial charge is 0.128 e. The van der Waals surface area contributed by atoms with Gasteiger partial charge in [-0.15, -0.1) is 0 Å². The molecule has 0 bridgehead atoms. The second kappa shape index (κ2) is 8.96. The summed E-state index contributed by atoms with van der Waals surface area (Å²) in [6.07, 6.45) is 7.87. The van der Waals surface area contributed by atoms with Gasteiger partial charge in [0.25, 0.3) is 0 Å². The Morgan fingerprint density at radius 1 is 1.25 bits per heavy atom. The summed E-state index contributed by atoms with van der Waals surface area (Å²) in [5.74, 6) is 0.992. The lowest BCUT2D eigenvalue weighted by Crippen LogP contribution is -2.28. The van der Waals surface area contributed by atoms with Crippen LogP contribution in [0, 0.1) is 13.8 Å².